The second kappa shape index (κ2) is 8.59. The molecular weight excluding hydrogens is 400 g/mol. The van der Waals surface area contributed by atoms with Gasteiger partial charge in [0.05, 0.1) is 17.7 Å². The molecule has 0 bridgehead atoms. The van der Waals surface area contributed by atoms with E-state index in [2.05, 4.69) is 10.0 Å². The molecular formula is C23H24N2O4S. The van der Waals surface area contributed by atoms with E-state index in [1.165, 1.54) is 13.2 Å². The van der Waals surface area contributed by atoms with Crippen molar-refractivity contribution in [1.29, 1.82) is 0 Å². The van der Waals surface area contributed by atoms with Crippen LogP contribution in [0.3, 0.4) is 0 Å². The van der Waals surface area contributed by atoms with E-state index in [4.69, 9.17) is 4.74 Å². The van der Waals surface area contributed by atoms with Crippen molar-refractivity contribution < 1.29 is 17.9 Å². The van der Waals surface area contributed by atoms with Crippen LogP contribution < -0.4 is 14.8 Å². The molecule has 2 N–H and O–H groups in total. The number of aryl methyl sites for hydroxylation is 3. The van der Waals surface area contributed by atoms with Gasteiger partial charge >= 0.3 is 0 Å². The number of benzene rings is 3. The van der Waals surface area contributed by atoms with Crippen LogP contribution in [0.25, 0.3) is 0 Å². The maximum Gasteiger partial charge on any atom is 0.262 e. The van der Waals surface area contributed by atoms with Crippen LogP contribution in [0.4, 0.5) is 11.4 Å². The van der Waals surface area contributed by atoms with E-state index < -0.39 is 10.0 Å². The Morgan fingerprint density at radius 2 is 1.57 bits per heavy atom. The molecule has 6 nitrogen and oxygen atoms in total. The SMILES string of the molecule is COc1ccccc1NS(=O)(=O)c1cc(NC(=O)c2cc(C)cc(C)c2)ccc1C. The van der Waals surface area contributed by atoms with Crippen LogP contribution in [0.2, 0.25) is 0 Å². The lowest BCUT2D eigenvalue weighted by atomic mass is 10.1. The first-order valence-corrected chi connectivity index (χ1v) is 10.8. The molecule has 0 saturated heterocycles. The summed E-state index contributed by atoms with van der Waals surface area (Å²) < 4.78 is 33.8. The predicted octanol–water partition coefficient (Wildman–Crippen LogP) is 4.67. The Balaban J connectivity index is 1.90. The lowest BCUT2D eigenvalue weighted by molar-refractivity contribution is 0.102. The molecule has 7 heteroatoms. The van der Waals surface area contributed by atoms with E-state index in [0.717, 1.165) is 11.1 Å². The van der Waals surface area contributed by atoms with E-state index in [0.29, 0.717) is 28.3 Å². The summed E-state index contributed by atoms with van der Waals surface area (Å²) in [6, 6.07) is 17.1. The maximum atomic E-state index is 13.0. The van der Waals surface area contributed by atoms with Gasteiger partial charge in [-0.3, -0.25) is 9.52 Å². The summed E-state index contributed by atoms with van der Waals surface area (Å²) in [5.74, 6) is 0.115. The molecule has 0 unspecified atom stereocenters. The third kappa shape index (κ3) is 4.80. The fraction of sp³-hybridized carbons (Fsp3) is 0.174. The van der Waals surface area contributed by atoms with Crippen molar-refractivity contribution in [2.24, 2.45) is 0 Å². The minimum Gasteiger partial charge on any atom is -0.495 e. The second-order valence-corrected chi connectivity index (χ2v) is 8.77. The predicted molar refractivity (Wildman–Crippen MR) is 119 cm³/mol. The summed E-state index contributed by atoms with van der Waals surface area (Å²) in [7, 11) is -2.42. The highest BCUT2D eigenvalue weighted by Gasteiger charge is 2.20. The van der Waals surface area contributed by atoms with Gasteiger partial charge < -0.3 is 10.1 Å². The van der Waals surface area contributed by atoms with Gasteiger partial charge in [0.1, 0.15) is 5.75 Å². The molecule has 0 aliphatic heterocycles. The summed E-state index contributed by atoms with van der Waals surface area (Å²) >= 11 is 0. The Hall–Kier alpha value is -3.32. The standard InChI is InChI=1S/C23H24N2O4S/c1-15-11-16(2)13-18(12-15)23(26)24-19-10-9-17(3)22(14-19)30(27,28)25-20-7-5-6-8-21(20)29-4/h5-14,25H,1-4H3,(H,24,26). The van der Waals surface area contributed by atoms with E-state index >= 15 is 0 Å². The molecule has 3 aromatic carbocycles. The number of para-hydroxylation sites is 2. The highest BCUT2D eigenvalue weighted by atomic mass is 32.2. The molecule has 1 amide bonds. The number of carbonyl (C=O) groups excluding carboxylic acids is 1. The highest BCUT2D eigenvalue weighted by molar-refractivity contribution is 7.92. The number of nitrogens with one attached hydrogen (secondary N) is 2. The van der Waals surface area contributed by atoms with Crippen molar-refractivity contribution in [3.05, 3.63) is 82.9 Å². The monoisotopic (exact) mass is 424 g/mol. The van der Waals surface area contributed by atoms with E-state index in [1.807, 2.05) is 19.9 Å². The van der Waals surface area contributed by atoms with Crippen LogP contribution in [0.15, 0.2) is 65.6 Å². The van der Waals surface area contributed by atoms with Crippen LogP contribution >= 0.6 is 0 Å². The first-order chi connectivity index (χ1) is 14.2. The maximum absolute atomic E-state index is 13.0. The third-order valence-electron chi connectivity index (χ3n) is 4.57. The fourth-order valence-corrected chi connectivity index (χ4v) is 4.55. The Bertz CT molecular complexity index is 1180. The highest BCUT2D eigenvalue weighted by Crippen LogP contribution is 2.28. The molecule has 3 aromatic rings. The second-order valence-electron chi connectivity index (χ2n) is 7.12. The topological polar surface area (TPSA) is 84.5 Å². The van der Waals surface area contributed by atoms with E-state index in [-0.39, 0.29) is 10.8 Å². The van der Waals surface area contributed by atoms with Gasteiger partial charge in [-0.1, -0.05) is 35.4 Å². The molecule has 0 fully saturated rings. The van der Waals surface area contributed by atoms with Crippen LogP contribution in [0.1, 0.15) is 27.0 Å². The molecule has 0 radical (unpaired) electrons. The molecule has 0 atom stereocenters. The minimum absolute atomic E-state index is 0.0756. The Labute approximate surface area is 177 Å². The van der Waals surface area contributed by atoms with E-state index in [1.54, 1.807) is 55.5 Å². The number of hydrogen-bond acceptors (Lipinski definition) is 4. The van der Waals surface area contributed by atoms with Crippen molar-refractivity contribution >= 4 is 27.3 Å². The van der Waals surface area contributed by atoms with Crippen molar-refractivity contribution in [1.82, 2.24) is 0 Å². The van der Waals surface area contributed by atoms with Gasteiger partial charge in [0.15, 0.2) is 0 Å². The summed E-state index contributed by atoms with van der Waals surface area (Å²) in [6.07, 6.45) is 0. The number of amides is 1. The lowest BCUT2D eigenvalue weighted by Gasteiger charge is -2.14. The van der Waals surface area contributed by atoms with Gasteiger partial charge in [-0.15, -0.1) is 0 Å². The van der Waals surface area contributed by atoms with E-state index in [9.17, 15) is 13.2 Å². The molecule has 156 valence electrons. The fourth-order valence-electron chi connectivity index (χ4n) is 3.21. The van der Waals surface area contributed by atoms with Gasteiger partial charge in [0.25, 0.3) is 15.9 Å². The third-order valence-corrected chi connectivity index (χ3v) is 6.08. The zero-order valence-electron chi connectivity index (χ0n) is 17.3. The summed E-state index contributed by atoms with van der Waals surface area (Å²) in [4.78, 5) is 12.7. The van der Waals surface area contributed by atoms with Crippen LogP contribution in [0, 0.1) is 20.8 Å². The number of carbonyl (C=O) groups is 1. The number of ether oxygens (including phenoxy) is 1. The van der Waals surface area contributed by atoms with Gasteiger partial charge in [0.2, 0.25) is 0 Å². The molecule has 30 heavy (non-hydrogen) atoms. The molecule has 3 rings (SSSR count). The smallest absolute Gasteiger partial charge is 0.262 e. The van der Waals surface area contributed by atoms with Crippen LogP contribution in [-0.4, -0.2) is 21.4 Å². The quantitative estimate of drug-likeness (QED) is 0.602. The van der Waals surface area contributed by atoms with Crippen LogP contribution in [0.5, 0.6) is 5.75 Å². The minimum atomic E-state index is -3.89. The number of hydrogen-bond donors (Lipinski definition) is 2. The summed E-state index contributed by atoms with van der Waals surface area (Å²) in [5.41, 5.74) is 3.77. The van der Waals surface area contributed by atoms with Crippen molar-refractivity contribution in [3.63, 3.8) is 0 Å². The molecule has 0 heterocycles. The Morgan fingerprint density at radius 3 is 2.23 bits per heavy atom. The lowest BCUT2D eigenvalue weighted by Crippen LogP contribution is -2.16. The number of sulfonamides is 1. The number of anilines is 2. The van der Waals surface area contributed by atoms with Gasteiger partial charge in [0, 0.05) is 11.3 Å². The molecule has 0 saturated carbocycles. The summed E-state index contributed by atoms with van der Waals surface area (Å²) in [5, 5.41) is 2.78. The average Bonchev–Trinajstić information content (AvgIpc) is 2.68. The largest absolute Gasteiger partial charge is 0.495 e. The van der Waals surface area contributed by atoms with Crippen molar-refractivity contribution in [2.75, 3.05) is 17.1 Å². The molecule has 0 aliphatic carbocycles. The summed E-state index contributed by atoms with van der Waals surface area (Å²) in [6.45, 7) is 5.54. The van der Waals surface area contributed by atoms with Crippen molar-refractivity contribution in [2.45, 2.75) is 25.7 Å². The number of rotatable bonds is 6. The molecule has 0 aromatic heterocycles. The van der Waals surface area contributed by atoms with Crippen LogP contribution in [-0.2, 0) is 10.0 Å². The Kier molecular flexibility index (Phi) is 6.12. The molecule has 0 spiro atoms. The number of methoxy groups -OCH3 is 1. The average molecular weight is 425 g/mol. The van der Waals surface area contributed by atoms with Crippen molar-refractivity contribution in [3.8, 4) is 5.75 Å². The first-order valence-electron chi connectivity index (χ1n) is 9.36. The van der Waals surface area contributed by atoms with Gasteiger partial charge in [-0.2, -0.15) is 0 Å². The first kappa shape index (κ1) is 21.4. The normalized spacial score (nSPS) is 11.1. The van der Waals surface area contributed by atoms with Gasteiger partial charge in [-0.05, 0) is 62.7 Å². The zero-order chi connectivity index (χ0) is 21.9. The van der Waals surface area contributed by atoms with Gasteiger partial charge in [-0.25, -0.2) is 8.42 Å². The Morgan fingerprint density at radius 1 is 0.900 bits per heavy atom. The molecule has 0 aliphatic rings. The zero-order valence-corrected chi connectivity index (χ0v) is 18.1.